The maximum absolute atomic E-state index is 4.53. The fourth-order valence-corrected chi connectivity index (χ4v) is 2.72. The Balaban J connectivity index is 1.63. The molecule has 0 amide bonds. The van der Waals surface area contributed by atoms with Crippen molar-refractivity contribution >= 4 is 24.3 Å². The summed E-state index contributed by atoms with van der Waals surface area (Å²) in [5.41, 5.74) is 7.21. The SMILES string of the molecule is CCc1ccc(C=Cc2ccc(C=Cc3ccc(CC)cc3)nc2)cc1. The van der Waals surface area contributed by atoms with Gasteiger partial charge in [-0.3, -0.25) is 4.98 Å². The van der Waals surface area contributed by atoms with Crippen LogP contribution in [0.1, 0.15) is 47.4 Å². The zero-order valence-electron chi connectivity index (χ0n) is 15.5. The average Bonchev–Trinajstić information content (AvgIpc) is 2.72. The van der Waals surface area contributed by atoms with Crippen molar-refractivity contribution in [2.24, 2.45) is 0 Å². The van der Waals surface area contributed by atoms with Crippen LogP contribution in [-0.4, -0.2) is 4.98 Å². The van der Waals surface area contributed by atoms with Gasteiger partial charge in [-0.2, -0.15) is 0 Å². The number of pyridine rings is 1. The van der Waals surface area contributed by atoms with Gasteiger partial charge in [0.1, 0.15) is 0 Å². The highest BCUT2D eigenvalue weighted by Gasteiger charge is 1.93. The number of benzene rings is 2. The largest absolute Gasteiger partial charge is 0.256 e. The summed E-state index contributed by atoms with van der Waals surface area (Å²) in [7, 11) is 0. The number of hydrogen-bond acceptors (Lipinski definition) is 1. The van der Waals surface area contributed by atoms with Crippen molar-refractivity contribution in [1.29, 1.82) is 0 Å². The average molecular weight is 339 g/mol. The smallest absolute Gasteiger partial charge is 0.0630 e. The lowest BCUT2D eigenvalue weighted by atomic mass is 10.1. The highest BCUT2D eigenvalue weighted by Crippen LogP contribution is 2.12. The second-order valence-electron chi connectivity index (χ2n) is 6.37. The van der Waals surface area contributed by atoms with Crippen LogP contribution in [0, 0.1) is 0 Å². The topological polar surface area (TPSA) is 12.9 Å². The first-order chi connectivity index (χ1) is 12.8. The Morgan fingerprint density at radius 1 is 0.577 bits per heavy atom. The van der Waals surface area contributed by atoms with E-state index in [0.717, 1.165) is 24.1 Å². The number of hydrogen-bond donors (Lipinski definition) is 0. The van der Waals surface area contributed by atoms with Gasteiger partial charge in [-0.15, -0.1) is 0 Å². The molecule has 130 valence electrons. The van der Waals surface area contributed by atoms with E-state index in [1.165, 1.54) is 22.3 Å². The van der Waals surface area contributed by atoms with Crippen molar-refractivity contribution in [2.75, 3.05) is 0 Å². The maximum atomic E-state index is 4.53. The lowest BCUT2D eigenvalue weighted by Crippen LogP contribution is -1.83. The monoisotopic (exact) mass is 339 g/mol. The molecule has 26 heavy (non-hydrogen) atoms. The van der Waals surface area contributed by atoms with Crippen molar-refractivity contribution in [3.8, 4) is 0 Å². The Labute approximate surface area is 156 Å². The minimum absolute atomic E-state index is 0.967. The number of aromatic nitrogens is 1. The van der Waals surface area contributed by atoms with E-state index >= 15 is 0 Å². The number of nitrogens with zero attached hydrogens (tertiary/aromatic N) is 1. The summed E-state index contributed by atoms with van der Waals surface area (Å²) >= 11 is 0. The summed E-state index contributed by atoms with van der Waals surface area (Å²) in [5.74, 6) is 0. The molecule has 0 saturated carbocycles. The third-order valence-electron chi connectivity index (χ3n) is 4.50. The predicted octanol–water partition coefficient (Wildman–Crippen LogP) is 6.55. The summed E-state index contributed by atoms with van der Waals surface area (Å²) < 4.78 is 0. The fourth-order valence-electron chi connectivity index (χ4n) is 2.72. The Bertz CT molecular complexity index is 790. The minimum atomic E-state index is 0.967. The molecule has 0 aliphatic heterocycles. The Morgan fingerprint density at radius 2 is 1.04 bits per heavy atom. The number of rotatable bonds is 6. The third kappa shape index (κ3) is 5.03. The second-order valence-corrected chi connectivity index (χ2v) is 6.37. The van der Waals surface area contributed by atoms with E-state index in [0.29, 0.717) is 0 Å². The highest BCUT2D eigenvalue weighted by atomic mass is 14.7. The van der Waals surface area contributed by atoms with Crippen LogP contribution in [0.4, 0.5) is 0 Å². The van der Waals surface area contributed by atoms with Crippen LogP contribution >= 0.6 is 0 Å². The molecule has 1 aromatic heterocycles. The van der Waals surface area contributed by atoms with Gasteiger partial charge in [-0.25, -0.2) is 0 Å². The predicted molar refractivity (Wildman–Crippen MR) is 114 cm³/mol. The van der Waals surface area contributed by atoms with E-state index in [1.807, 2.05) is 6.20 Å². The van der Waals surface area contributed by atoms with Gasteiger partial charge < -0.3 is 0 Å². The zero-order chi connectivity index (χ0) is 18.2. The molecule has 0 unspecified atom stereocenters. The van der Waals surface area contributed by atoms with Crippen LogP contribution < -0.4 is 0 Å². The first-order valence-corrected chi connectivity index (χ1v) is 9.27. The molecule has 0 fully saturated rings. The summed E-state index contributed by atoms with van der Waals surface area (Å²) in [6, 6.07) is 21.5. The van der Waals surface area contributed by atoms with Gasteiger partial charge in [0, 0.05) is 6.20 Å². The first-order valence-electron chi connectivity index (χ1n) is 9.27. The van der Waals surface area contributed by atoms with Gasteiger partial charge in [0.2, 0.25) is 0 Å². The Morgan fingerprint density at radius 3 is 1.50 bits per heavy atom. The lowest BCUT2D eigenvalue weighted by Gasteiger charge is -1.99. The molecule has 1 heteroatoms. The van der Waals surface area contributed by atoms with Crippen molar-refractivity contribution < 1.29 is 0 Å². The second kappa shape index (κ2) is 8.96. The van der Waals surface area contributed by atoms with Crippen molar-refractivity contribution in [3.05, 3.63) is 100 Å². The molecular formula is C25H25N. The molecule has 2 aromatic carbocycles. The van der Waals surface area contributed by atoms with E-state index in [4.69, 9.17) is 0 Å². The Hall–Kier alpha value is -2.93. The van der Waals surface area contributed by atoms with Crippen LogP contribution in [0.25, 0.3) is 24.3 Å². The van der Waals surface area contributed by atoms with Crippen LogP contribution in [0.5, 0.6) is 0 Å². The Kier molecular flexibility index (Phi) is 6.16. The van der Waals surface area contributed by atoms with Gasteiger partial charge in [0.05, 0.1) is 5.69 Å². The summed E-state index contributed by atoms with van der Waals surface area (Å²) in [5, 5.41) is 0. The van der Waals surface area contributed by atoms with E-state index < -0.39 is 0 Å². The highest BCUT2D eigenvalue weighted by molar-refractivity contribution is 5.71. The van der Waals surface area contributed by atoms with Crippen LogP contribution in [-0.2, 0) is 12.8 Å². The van der Waals surface area contributed by atoms with Gasteiger partial charge >= 0.3 is 0 Å². The third-order valence-corrected chi connectivity index (χ3v) is 4.50. The molecule has 3 rings (SSSR count). The molecule has 1 nitrogen and oxygen atoms in total. The van der Waals surface area contributed by atoms with E-state index in [-0.39, 0.29) is 0 Å². The number of aryl methyl sites for hydroxylation is 2. The van der Waals surface area contributed by atoms with E-state index in [2.05, 4.69) is 104 Å². The quantitative estimate of drug-likeness (QED) is 0.496. The normalized spacial score (nSPS) is 11.5. The van der Waals surface area contributed by atoms with Gasteiger partial charge in [0.25, 0.3) is 0 Å². The van der Waals surface area contributed by atoms with Crippen LogP contribution in [0.3, 0.4) is 0 Å². The summed E-state index contributed by atoms with van der Waals surface area (Å²) in [6.45, 7) is 4.34. The first kappa shape index (κ1) is 17.9. The van der Waals surface area contributed by atoms with Crippen molar-refractivity contribution in [2.45, 2.75) is 26.7 Å². The maximum Gasteiger partial charge on any atom is 0.0630 e. The molecule has 0 N–H and O–H groups in total. The molecule has 1 heterocycles. The van der Waals surface area contributed by atoms with Crippen molar-refractivity contribution in [3.63, 3.8) is 0 Å². The molecule has 0 spiro atoms. The molecule has 3 aromatic rings. The van der Waals surface area contributed by atoms with E-state index in [1.54, 1.807) is 0 Å². The molecule has 0 atom stereocenters. The minimum Gasteiger partial charge on any atom is -0.256 e. The van der Waals surface area contributed by atoms with Gasteiger partial charge in [0.15, 0.2) is 0 Å². The standard InChI is InChI=1S/C25H25N/c1-3-20-5-9-22(10-6-20)13-14-24-16-18-25(26-19-24)17-15-23-11-7-21(4-2)8-12-23/h5-19H,3-4H2,1-2H3. The molecular weight excluding hydrogens is 314 g/mol. The van der Waals surface area contributed by atoms with E-state index in [9.17, 15) is 0 Å². The molecule has 0 aliphatic carbocycles. The van der Waals surface area contributed by atoms with Crippen molar-refractivity contribution in [1.82, 2.24) is 4.98 Å². The molecule has 0 saturated heterocycles. The molecule has 0 radical (unpaired) electrons. The molecule has 0 aliphatic rings. The molecule has 0 bridgehead atoms. The van der Waals surface area contributed by atoms with Crippen LogP contribution in [0.15, 0.2) is 66.9 Å². The van der Waals surface area contributed by atoms with Crippen LogP contribution in [0.2, 0.25) is 0 Å². The summed E-state index contributed by atoms with van der Waals surface area (Å²) in [4.78, 5) is 4.53. The van der Waals surface area contributed by atoms with Gasteiger partial charge in [-0.1, -0.05) is 86.7 Å². The summed E-state index contributed by atoms with van der Waals surface area (Å²) in [6.07, 6.45) is 12.4. The van der Waals surface area contributed by atoms with Gasteiger partial charge in [-0.05, 0) is 52.8 Å². The zero-order valence-corrected chi connectivity index (χ0v) is 15.5. The lowest BCUT2D eigenvalue weighted by molar-refractivity contribution is 1.14. The fraction of sp³-hybridized carbons (Fsp3) is 0.160.